The van der Waals surface area contributed by atoms with Crippen molar-refractivity contribution in [1.82, 2.24) is 9.78 Å². The molecule has 4 heteroatoms. The van der Waals surface area contributed by atoms with Crippen LogP contribution in [0.2, 0.25) is 0 Å². The Morgan fingerprint density at radius 1 is 1.12 bits per heavy atom. The fourth-order valence-corrected chi connectivity index (χ4v) is 9.28. The molecule has 0 saturated heterocycles. The Morgan fingerprint density at radius 2 is 2.00 bits per heavy atom. The first-order valence-electron chi connectivity index (χ1n) is 13.6. The summed E-state index contributed by atoms with van der Waals surface area (Å²) in [5.41, 5.74) is 2.34. The number of carbonyl (C=O) groups is 1. The fraction of sp³-hybridized carbons (Fsp3) is 0.786. The highest BCUT2D eigenvalue weighted by molar-refractivity contribution is 5.82. The third-order valence-corrected chi connectivity index (χ3v) is 10.9. The summed E-state index contributed by atoms with van der Waals surface area (Å²) in [6.07, 6.45) is 19.9. The van der Waals surface area contributed by atoms with Gasteiger partial charge in [0.05, 0.1) is 17.6 Å². The van der Waals surface area contributed by atoms with Crippen molar-refractivity contribution in [2.24, 2.45) is 46.8 Å². The number of nitrogens with zero attached hydrogens (tertiary/aromatic N) is 2. The van der Waals surface area contributed by atoms with Crippen LogP contribution >= 0.6 is 0 Å². The summed E-state index contributed by atoms with van der Waals surface area (Å²) < 4.78 is 1.93. The molecule has 2 heterocycles. The summed E-state index contributed by atoms with van der Waals surface area (Å²) in [6, 6.07) is 0. The molecule has 6 rings (SSSR count). The van der Waals surface area contributed by atoms with Crippen LogP contribution in [0.5, 0.6) is 0 Å². The van der Waals surface area contributed by atoms with Gasteiger partial charge in [-0.25, -0.2) is 0 Å². The number of hydrogen-bond donors (Lipinski definition) is 1. The van der Waals surface area contributed by atoms with Crippen molar-refractivity contribution in [2.45, 2.75) is 84.6 Å². The maximum atomic E-state index is 13.6. The maximum absolute atomic E-state index is 13.6. The number of anilines is 1. The second-order valence-corrected chi connectivity index (χ2v) is 12.0. The minimum atomic E-state index is 0.215. The van der Waals surface area contributed by atoms with E-state index in [9.17, 15) is 4.79 Å². The Morgan fingerprint density at radius 3 is 2.88 bits per heavy atom. The van der Waals surface area contributed by atoms with Crippen molar-refractivity contribution in [2.75, 3.05) is 11.9 Å². The molecule has 32 heavy (non-hydrogen) atoms. The molecular weight excluding hydrogens is 394 g/mol. The molecule has 174 valence electrons. The Labute approximate surface area is 193 Å². The molecule has 0 amide bonds. The molecule has 0 aromatic carbocycles. The number of carbonyl (C=O) groups excluding carboxylic acids is 1. The number of ketones is 1. The number of fused-ring (bicyclic) bond motifs is 6. The average molecular weight is 436 g/mol. The Hall–Kier alpha value is -1.58. The first-order valence-corrected chi connectivity index (χ1v) is 13.6. The van der Waals surface area contributed by atoms with Crippen LogP contribution in [0.25, 0.3) is 6.08 Å². The largest absolute Gasteiger partial charge is 0.379 e. The third kappa shape index (κ3) is 3.22. The van der Waals surface area contributed by atoms with Crippen molar-refractivity contribution < 1.29 is 4.79 Å². The molecule has 1 aromatic heterocycles. The van der Waals surface area contributed by atoms with E-state index in [1.54, 1.807) is 0 Å². The molecule has 8 unspecified atom stereocenters. The minimum absolute atomic E-state index is 0.215. The number of nitrogens with one attached hydrogen (secondary N) is 1. The molecule has 8 atom stereocenters. The summed E-state index contributed by atoms with van der Waals surface area (Å²) in [7, 11) is 0. The van der Waals surface area contributed by atoms with Crippen molar-refractivity contribution in [1.29, 1.82) is 0 Å². The van der Waals surface area contributed by atoms with Gasteiger partial charge in [0.1, 0.15) is 6.54 Å². The van der Waals surface area contributed by atoms with E-state index in [1.807, 2.05) is 10.9 Å². The smallest absolute Gasteiger partial charge is 0.157 e. The summed E-state index contributed by atoms with van der Waals surface area (Å²) >= 11 is 0. The van der Waals surface area contributed by atoms with Crippen LogP contribution in [0.1, 0.15) is 83.7 Å². The van der Waals surface area contributed by atoms with Crippen LogP contribution in [0, 0.1) is 46.8 Å². The van der Waals surface area contributed by atoms with Gasteiger partial charge in [-0.1, -0.05) is 32.8 Å². The standard InChI is InChI=1S/C28H41N3O/c1-3-18-6-8-20-19(15-18)7-9-22-21(20)12-13-28(2)23(22)10-11-24(28)27(32)17-31-26-5-4-14-29-25(26)16-30-31/h4-5,16,18-24,29H,3,6-15,17H2,1-2H3. The zero-order valence-corrected chi connectivity index (χ0v) is 20.1. The zero-order chi connectivity index (χ0) is 21.9. The van der Waals surface area contributed by atoms with Gasteiger partial charge in [-0.3, -0.25) is 9.48 Å². The molecule has 1 N–H and O–H groups in total. The molecule has 1 aliphatic heterocycles. The van der Waals surface area contributed by atoms with Crippen LogP contribution < -0.4 is 5.32 Å². The number of hydrogen-bond acceptors (Lipinski definition) is 3. The lowest BCUT2D eigenvalue weighted by Gasteiger charge is -2.56. The molecule has 4 aliphatic carbocycles. The molecule has 4 fully saturated rings. The van der Waals surface area contributed by atoms with E-state index in [1.165, 1.54) is 57.8 Å². The monoisotopic (exact) mass is 435 g/mol. The zero-order valence-electron chi connectivity index (χ0n) is 20.1. The fourth-order valence-electron chi connectivity index (χ4n) is 9.28. The van der Waals surface area contributed by atoms with Gasteiger partial charge in [0.2, 0.25) is 0 Å². The molecule has 4 saturated carbocycles. The van der Waals surface area contributed by atoms with E-state index in [-0.39, 0.29) is 11.3 Å². The number of rotatable bonds is 4. The Kier molecular flexibility index (Phi) is 5.26. The van der Waals surface area contributed by atoms with Crippen LogP contribution in [0.15, 0.2) is 12.3 Å². The van der Waals surface area contributed by atoms with Gasteiger partial charge in [0.25, 0.3) is 0 Å². The van der Waals surface area contributed by atoms with Crippen LogP contribution in [-0.2, 0) is 11.3 Å². The minimum Gasteiger partial charge on any atom is -0.379 e. The highest BCUT2D eigenvalue weighted by Crippen LogP contribution is 2.64. The van der Waals surface area contributed by atoms with E-state index >= 15 is 0 Å². The molecule has 1 aromatic rings. The maximum Gasteiger partial charge on any atom is 0.157 e. The normalized spacial score (nSPS) is 42.4. The van der Waals surface area contributed by atoms with Gasteiger partial charge in [-0.2, -0.15) is 5.10 Å². The Balaban J connectivity index is 1.17. The lowest BCUT2D eigenvalue weighted by molar-refractivity contribution is -0.131. The van der Waals surface area contributed by atoms with E-state index in [0.29, 0.717) is 12.3 Å². The van der Waals surface area contributed by atoms with E-state index < -0.39 is 0 Å². The predicted octanol–water partition coefficient (Wildman–Crippen LogP) is 6.19. The first kappa shape index (κ1) is 21.0. The Bertz CT molecular complexity index is 902. The summed E-state index contributed by atoms with van der Waals surface area (Å²) in [6.45, 7) is 6.16. The molecule has 5 aliphatic rings. The second kappa shape index (κ2) is 8.02. The first-order chi connectivity index (χ1) is 15.6. The van der Waals surface area contributed by atoms with Gasteiger partial charge in [-0.15, -0.1) is 0 Å². The average Bonchev–Trinajstić information content (AvgIpc) is 3.39. The van der Waals surface area contributed by atoms with Gasteiger partial charge < -0.3 is 5.32 Å². The van der Waals surface area contributed by atoms with Crippen molar-refractivity contribution in [3.8, 4) is 0 Å². The molecule has 0 radical (unpaired) electrons. The summed E-state index contributed by atoms with van der Waals surface area (Å²) in [5, 5.41) is 7.90. The third-order valence-electron chi connectivity index (χ3n) is 10.9. The van der Waals surface area contributed by atoms with Crippen molar-refractivity contribution in [3.63, 3.8) is 0 Å². The van der Waals surface area contributed by atoms with Crippen LogP contribution in [-0.4, -0.2) is 22.1 Å². The van der Waals surface area contributed by atoms with Crippen LogP contribution in [0.3, 0.4) is 0 Å². The van der Waals surface area contributed by atoms with E-state index in [0.717, 1.165) is 59.9 Å². The van der Waals surface area contributed by atoms with E-state index in [4.69, 9.17) is 0 Å². The van der Waals surface area contributed by atoms with Gasteiger partial charge in [-0.05, 0) is 98.4 Å². The van der Waals surface area contributed by atoms with Gasteiger partial charge in [0, 0.05) is 12.5 Å². The molecule has 0 spiro atoms. The molecule has 0 bridgehead atoms. The van der Waals surface area contributed by atoms with E-state index in [2.05, 4.69) is 36.4 Å². The van der Waals surface area contributed by atoms with Gasteiger partial charge in [0.15, 0.2) is 5.78 Å². The lowest BCUT2D eigenvalue weighted by Crippen LogP contribution is -2.49. The highest BCUT2D eigenvalue weighted by atomic mass is 16.1. The van der Waals surface area contributed by atoms with Gasteiger partial charge >= 0.3 is 0 Å². The summed E-state index contributed by atoms with van der Waals surface area (Å²) in [4.78, 5) is 13.6. The molecule has 4 nitrogen and oxygen atoms in total. The topological polar surface area (TPSA) is 46.9 Å². The molecular formula is C28H41N3O. The number of aromatic nitrogens is 2. The quantitative estimate of drug-likeness (QED) is 0.614. The predicted molar refractivity (Wildman–Crippen MR) is 129 cm³/mol. The highest BCUT2D eigenvalue weighted by Gasteiger charge is 2.58. The van der Waals surface area contributed by atoms with Crippen molar-refractivity contribution in [3.05, 3.63) is 18.0 Å². The van der Waals surface area contributed by atoms with Crippen molar-refractivity contribution >= 4 is 17.5 Å². The lowest BCUT2D eigenvalue weighted by atomic mass is 9.49. The number of Topliss-reactive ketones (excluding diaryl/α,β-unsaturated/α-hetero) is 1. The van der Waals surface area contributed by atoms with Crippen LogP contribution in [0.4, 0.5) is 5.69 Å². The summed E-state index contributed by atoms with van der Waals surface area (Å²) in [5.74, 6) is 6.25. The SMILES string of the molecule is CCC1CCC2C(CCC3C2CCC2(C)C(C(=O)Cn4ncc5c4C=CCN5)CCC32)C1. The second-order valence-electron chi connectivity index (χ2n) is 12.0.